The summed E-state index contributed by atoms with van der Waals surface area (Å²) < 4.78 is 13.5. The molecule has 0 saturated carbocycles. The van der Waals surface area contributed by atoms with Gasteiger partial charge >= 0.3 is 6.03 Å². The molecule has 2 rings (SSSR count). The topological polar surface area (TPSA) is 47.6 Å². The van der Waals surface area contributed by atoms with Crippen LogP contribution >= 0.6 is 0 Å². The van der Waals surface area contributed by atoms with Gasteiger partial charge in [-0.05, 0) is 25.1 Å². The van der Waals surface area contributed by atoms with Crippen LogP contribution in [0.1, 0.15) is 13.8 Å². The Kier molecular flexibility index (Phi) is 6.36. The minimum Gasteiger partial charge on any atom is -0.336 e. The Morgan fingerprint density at radius 1 is 1.22 bits per heavy atom. The third kappa shape index (κ3) is 5.18. The number of piperazine rings is 1. The van der Waals surface area contributed by atoms with Crippen LogP contribution < -0.4 is 10.6 Å². The Balaban J connectivity index is 1.86. The van der Waals surface area contributed by atoms with Crippen LogP contribution in [0.4, 0.5) is 14.9 Å². The Morgan fingerprint density at radius 3 is 2.48 bits per heavy atom. The molecular formula is C17H27FN4O. The molecule has 0 spiro atoms. The van der Waals surface area contributed by atoms with Crippen molar-refractivity contribution in [3.8, 4) is 0 Å². The lowest BCUT2D eigenvalue weighted by Crippen LogP contribution is -2.54. The van der Waals surface area contributed by atoms with Gasteiger partial charge in [-0.1, -0.05) is 26.0 Å². The van der Waals surface area contributed by atoms with Crippen LogP contribution in [0.25, 0.3) is 0 Å². The third-order valence-electron chi connectivity index (χ3n) is 4.37. The Hall–Kier alpha value is -1.66. The monoisotopic (exact) mass is 322 g/mol. The zero-order valence-corrected chi connectivity index (χ0v) is 14.2. The molecule has 1 aliphatic rings. The highest BCUT2D eigenvalue weighted by Gasteiger charge is 2.25. The van der Waals surface area contributed by atoms with Crippen LogP contribution in [0.2, 0.25) is 0 Å². The Morgan fingerprint density at radius 2 is 1.87 bits per heavy atom. The van der Waals surface area contributed by atoms with Crippen molar-refractivity contribution in [2.45, 2.75) is 19.9 Å². The number of hydrogen-bond acceptors (Lipinski definition) is 3. The number of benzene rings is 1. The fraction of sp³-hybridized carbons (Fsp3) is 0.588. The summed E-state index contributed by atoms with van der Waals surface area (Å²) in [5, 5.41) is 5.44. The first-order valence-electron chi connectivity index (χ1n) is 8.19. The zero-order chi connectivity index (χ0) is 16.8. The number of carbonyl (C=O) groups is 1. The van der Waals surface area contributed by atoms with E-state index in [1.54, 1.807) is 18.2 Å². The van der Waals surface area contributed by atoms with Crippen LogP contribution in [-0.4, -0.2) is 61.6 Å². The first-order chi connectivity index (χ1) is 11.0. The van der Waals surface area contributed by atoms with E-state index in [-0.39, 0.29) is 17.8 Å². The molecule has 1 fully saturated rings. The van der Waals surface area contributed by atoms with Crippen LogP contribution in [0.15, 0.2) is 24.3 Å². The summed E-state index contributed by atoms with van der Waals surface area (Å²) in [6.07, 6.45) is 0. The molecule has 0 unspecified atom stereocenters. The largest absolute Gasteiger partial charge is 0.336 e. The highest BCUT2D eigenvalue weighted by Crippen LogP contribution is 2.14. The molecule has 5 nitrogen and oxygen atoms in total. The first-order valence-corrected chi connectivity index (χ1v) is 8.19. The van der Waals surface area contributed by atoms with E-state index in [0.717, 1.165) is 26.2 Å². The van der Waals surface area contributed by atoms with Crippen molar-refractivity contribution in [3.63, 3.8) is 0 Å². The van der Waals surface area contributed by atoms with Crippen molar-refractivity contribution in [1.29, 1.82) is 0 Å². The number of likely N-dealkylation sites (N-methyl/N-ethyl adjacent to an activating group) is 1. The van der Waals surface area contributed by atoms with E-state index in [1.165, 1.54) is 6.07 Å². The van der Waals surface area contributed by atoms with Gasteiger partial charge in [-0.25, -0.2) is 9.18 Å². The molecule has 2 amide bonds. The molecule has 0 aromatic heterocycles. The number of halogens is 1. The average Bonchev–Trinajstić information content (AvgIpc) is 2.51. The predicted octanol–water partition coefficient (Wildman–Crippen LogP) is 2.22. The number of rotatable bonds is 5. The minimum absolute atomic E-state index is 0.200. The van der Waals surface area contributed by atoms with Crippen LogP contribution in [0.5, 0.6) is 0 Å². The van der Waals surface area contributed by atoms with Crippen molar-refractivity contribution < 1.29 is 9.18 Å². The van der Waals surface area contributed by atoms with Gasteiger partial charge in [0.15, 0.2) is 0 Å². The van der Waals surface area contributed by atoms with E-state index < -0.39 is 5.82 Å². The number of hydrogen-bond donors (Lipinski definition) is 2. The number of anilines is 1. The van der Waals surface area contributed by atoms with Crippen molar-refractivity contribution in [1.82, 2.24) is 15.1 Å². The molecule has 2 N–H and O–H groups in total. The molecule has 1 saturated heterocycles. The number of nitrogens with zero attached hydrogens (tertiary/aromatic N) is 2. The van der Waals surface area contributed by atoms with E-state index >= 15 is 0 Å². The molecule has 0 bridgehead atoms. The average molecular weight is 322 g/mol. The summed E-state index contributed by atoms with van der Waals surface area (Å²) in [6.45, 7) is 9.00. The molecule has 0 radical (unpaired) electrons. The van der Waals surface area contributed by atoms with E-state index in [2.05, 4.69) is 41.3 Å². The normalized spacial score (nSPS) is 18.0. The maximum atomic E-state index is 13.5. The van der Waals surface area contributed by atoms with Crippen molar-refractivity contribution in [2.75, 3.05) is 45.1 Å². The summed E-state index contributed by atoms with van der Waals surface area (Å²) in [4.78, 5) is 16.7. The molecule has 1 aliphatic heterocycles. The summed E-state index contributed by atoms with van der Waals surface area (Å²) in [7, 11) is 2.13. The first kappa shape index (κ1) is 17.7. The fourth-order valence-electron chi connectivity index (χ4n) is 2.87. The molecule has 1 heterocycles. The van der Waals surface area contributed by atoms with Crippen molar-refractivity contribution in [3.05, 3.63) is 30.1 Å². The Bertz CT molecular complexity index is 515. The fourth-order valence-corrected chi connectivity index (χ4v) is 2.87. The lowest BCUT2D eigenvalue weighted by Gasteiger charge is -2.39. The molecule has 23 heavy (non-hydrogen) atoms. The maximum Gasteiger partial charge on any atom is 0.319 e. The lowest BCUT2D eigenvalue weighted by atomic mass is 10.0. The van der Waals surface area contributed by atoms with Crippen molar-refractivity contribution >= 4 is 11.7 Å². The number of amides is 2. The van der Waals surface area contributed by atoms with Gasteiger partial charge in [-0.3, -0.25) is 4.90 Å². The molecule has 128 valence electrons. The van der Waals surface area contributed by atoms with E-state index in [0.29, 0.717) is 12.5 Å². The zero-order valence-electron chi connectivity index (χ0n) is 14.2. The van der Waals surface area contributed by atoms with Gasteiger partial charge in [-0.15, -0.1) is 0 Å². The molecule has 6 heteroatoms. The second-order valence-electron chi connectivity index (χ2n) is 6.47. The third-order valence-corrected chi connectivity index (χ3v) is 4.37. The van der Waals surface area contributed by atoms with Gasteiger partial charge in [-0.2, -0.15) is 0 Å². The molecule has 0 aliphatic carbocycles. The van der Waals surface area contributed by atoms with Crippen molar-refractivity contribution in [2.24, 2.45) is 5.92 Å². The Labute approximate surface area is 137 Å². The van der Waals surface area contributed by atoms with Crippen LogP contribution in [0, 0.1) is 11.7 Å². The van der Waals surface area contributed by atoms with E-state index in [4.69, 9.17) is 0 Å². The smallest absolute Gasteiger partial charge is 0.319 e. The lowest BCUT2D eigenvalue weighted by molar-refractivity contribution is 0.0890. The number of para-hydroxylation sites is 1. The van der Waals surface area contributed by atoms with Gasteiger partial charge in [0.05, 0.1) is 5.69 Å². The summed E-state index contributed by atoms with van der Waals surface area (Å²) >= 11 is 0. The highest BCUT2D eigenvalue weighted by molar-refractivity contribution is 5.89. The predicted molar refractivity (Wildman–Crippen MR) is 91.1 cm³/mol. The number of urea groups is 1. The van der Waals surface area contributed by atoms with Gasteiger partial charge in [0.2, 0.25) is 0 Å². The van der Waals surface area contributed by atoms with Gasteiger partial charge < -0.3 is 15.5 Å². The molecular weight excluding hydrogens is 295 g/mol. The van der Waals surface area contributed by atoms with Gasteiger partial charge in [0, 0.05) is 38.8 Å². The van der Waals surface area contributed by atoms with Crippen LogP contribution in [-0.2, 0) is 0 Å². The number of nitrogens with one attached hydrogen (secondary N) is 2. The summed E-state index contributed by atoms with van der Waals surface area (Å²) in [5.74, 6) is 0.00861. The highest BCUT2D eigenvalue weighted by atomic mass is 19.1. The van der Waals surface area contributed by atoms with Gasteiger partial charge in [0.1, 0.15) is 5.82 Å². The van der Waals surface area contributed by atoms with Crippen LogP contribution in [0.3, 0.4) is 0 Å². The van der Waals surface area contributed by atoms with E-state index in [1.807, 2.05) is 0 Å². The summed E-state index contributed by atoms with van der Waals surface area (Å²) in [5.41, 5.74) is 0.200. The summed E-state index contributed by atoms with van der Waals surface area (Å²) in [6, 6.07) is 6.09. The molecule has 1 aromatic rings. The maximum absolute atomic E-state index is 13.5. The SMILES string of the molecule is CC(C)[C@@H](CNC(=O)Nc1ccccc1F)N1CCN(C)CC1. The van der Waals surface area contributed by atoms with Gasteiger partial charge in [0.25, 0.3) is 0 Å². The molecule has 1 aromatic carbocycles. The second-order valence-corrected chi connectivity index (χ2v) is 6.47. The standard InChI is InChI=1S/C17H27FN4O/c1-13(2)16(22-10-8-21(3)9-11-22)12-19-17(23)20-15-7-5-4-6-14(15)18/h4-7,13,16H,8-12H2,1-3H3,(H2,19,20,23)/t16-/m1/s1. The quantitative estimate of drug-likeness (QED) is 0.874. The second kappa shape index (κ2) is 8.26. The number of carbonyl (C=O) groups excluding carboxylic acids is 1. The molecule has 1 atom stereocenters. The van der Waals surface area contributed by atoms with E-state index in [9.17, 15) is 9.18 Å². The minimum atomic E-state index is -0.429.